The van der Waals surface area contributed by atoms with Gasteiger partial charge in [-0.25, -0.2) is 0 Å². The van der Waals surface area contributed by atoms with Gasteiger partial charge in [0.05, 0.1) is 0 Å². The molecule has 144 valence electrons. The van der Waals surface area contributed by atoms with Crippen molar-refractivity contribution >= 4 is 17.5 Å². The lowest BCUT2D eigenvalue weighted by Gasteiger charge is -2.18. The van der Waals surface area contributed by atoms with Crippen molar-refractivity contribution < 1.29 is 9.59 Å². The lowest BCUT2D eigenvalue weighted by molar-refractivity contribution is -0.117. The first-order valence-electron chi connectivity index (χ1n) is 9.27. The monoisotopic (exact) mass is 368 g/mol. The maximum Gasteiger partial charge on any atom is 0.251 e. The molecule has 2 aromatic rings. The quantitative estimate of drug-likeness (QED) is 0.634. The normalized spacial score (nSPS) is 11.9. The van der Waals surface area contributed by atoms with Crippen molar-refractivity contribution in [3.8, 4) is 0 Å². The second-order valence-corrected chi connectivity index (χ2v) is 6.24. The predicted octanol–water partition coefficient (Wildman–Crippen LogP) is 2.40. The van der Waals surface area contributed by atoms with Gasteiger partial charge in [0.15, 0.2) is 0 Å². The Bertz CT molecular complexity index is 745. The van der Waals surface area contributed by atoms with Crippen LogP contribution in [0, 0.1) is 0 Å². The minimum absolute atomic E-state index is 0.161. The van der Waals surface area contributed by atoms with Crippen LogP contribution in [0.15, 0.2) is 54.6 Å². The highest BCUT2D eigenvalue weighted by atomic mass is 16.2. The van der Waals surface area contributed by atoms with Crippen LogP contribution < -0.4 is 16.4 Å². The first-order chi connectivity index (χ1) is 13.0. The number of hydrogen-bond donors (Lipinski definition) is 3. The van der Waals surface area contributed by atoms with Crippen molar-refractivity contribution in [1.82, 2.24) is 10.2 Å². The van der Waals surface area contributed by atoms with Gasteiger partial charge in [-0.3, -0.25) is 9.59 Å². The van der Waals surface area contributed by atoms with Crippen LogP contribution in [0.1, 0.15) is 35.8 Å². The average molecular weight is 368 g/mol. The van der Waals surface area contributed by atoms with E-state index >= 15 is 0 Å². The predicted molar refractivity (Wildman–Crippen MR) is 109 cm³/mol. The third kappa shape index (κ3) is 6.20. The highest BCUT2D eigenvalue weighted by Crippen LogP contribution is 2.15. The SMILES string of the molecule is CCN(CC)CCNC(=O)c1cccc(NC(=O)C(N)c2ccccc2)c1. The third-order valence-corrected chi connectivity index (χ3v) is 4.44. The molecular formula is C21H28N4O2. The average Bonchev–Trinajstić information content (AvgIpc) is 2.71. The molecule has 6 heteroatoms. The minimum atomic E-state index is -0.766. The summed E-state index contributed by atoms with van der Waals surface area (Å²) in [5, 5.41) is 5.69. The number of likely N-dealkylation sites (N-methyl/N-ethyl adjacent to an activating group) is 1. The molecule has 27 heavy (non-hydrogen) atoms. The smallest absolute Gasteiger partial charge is 0.251 e. The van der Waals surface area contributed by atoms with Crippen LogP contribution in [0.25, 0.3) is 0 Å². The first-order valence-corrected chi connectivity index (χ1v) is 9.27. The van der Waals surface area contributed by atoms with Gasteiger partial charge >= 0.3 is 0 Å². The molecule has 2 amide bonds. The fourth-order valence-corrected chi connectivity index (χ4v) is 2.74. The van der Waals surface area contributed by atoms with Crippen LogP contribution in [0.3, 0.4) is 0 Å². The summed E-state index contributed by atoms with van der Waals surface area (Å²) in [5.74, 6) is -0.481. The molecule has 1 unspecified atom stereocenters. The topological polar surface area (TPSA) is 87.5 Å². The summed E-state index contributed by atoms with van der Waals surface area (Å²) < 4.78 is 0. The highest BCUT2D eigenvalue weighted by Gasteiger charge is 2.16. The van der Waals surface area contributed by atoms with Crippen LogP contribution >= 0.6 is 0 Å². The fourth-order valence-electron chi connectivity index (χ4n) is 2.74. The Morgan fingerprint density at radius 1 is 1.04 bits per heavy atom. The maximum atomic E-state index is 12.4. The maximum absolute atomic E-state index is 12.4. The summed E-state index contributed by atoms with van der Waals surface area (Å²) >= 11 is 0. The van der Waals surface area contributed by atoms with Gasteiger partial charge in [-0.2, -0.15) is 0 Å². The number of carbonyl (C=O) groups is 2. The zero-order valence-corrected chi connectivity index (χ0v) is 15.9. The zero-order chi connectivity index (χ0) is 19.6. The second kappa shape index (κ2) is 10.4. The van der Waals surface area contributed by atoms with Crippen LogP contribution in [-0.4, -0.2) is 42.9 Å². The van der Waals surface area contributed by atoms with Gasteiger partial charge in [-0.1, -0.05) is 50.2 Å². The lowest BCUT2D eigenvalue weighted by atomic mass is 10.1. The van der Waals surface area contributed by atoms with E-state index in [9.17, 15) is 9.59 Å². The molecule has 4 N–H and O–H groups in total. The Hall–Kier alpha value is -2.70. The Balaban J connectivity index is 1.94. The summed E-state index contributed by atoms with van der Waals surface area (Å²) in [6.45, 7) is 7.48. The number of benzene rings is 2. The zero-order valence-electron chi connectivity index (χ0n) is 15.9. The summed E-state index contributed by atoms with van der Waals surface area (Å²) in [7, 11) is 0. The molecule has 0 aromatic heterocycles. The molecule has 0 spiro atoms. The number of nitrogens with one attached hydrogen (secondary N) is 2. The number of nitrogens with two attached hydrogens (primary N) is 1. The van der Waals surface area contributed by atoms with Gasteiger partial charge in [-0.15, -0.1) is 0 Å². The Kier molecular flexibility index (Phi) is 7.98. The summed E-state index contributed by atoms with van der Waals surface area (Å²) in [4.78, 5) is 26.9. The number of carbonyl (C=O) groups excluding carboxylic acids is 2. The molecule has 0 heterocycles. The largest absolute Gasteiger partial charge is 0.351 e. The number of anilines is 1. The number of nitrogens with zero attached hydrogens (tertiary/aromatic N) is 1. The summed E-state index contributed by atoms with van der Waals surface area (Å²) in [5.41, 5.74) is 7.79. The molecule has 0 fully saturated rings. The third-order valence-electron chi connectivity index (χ3n) is 4.44. The summed E-state index contributed by atoms with van der Waals surface area (Å²) in [6, 6.07) is 15.3. The van der Waals surface area contributed by atoms with Crippen molar-refractivity contribution in [3.05, 3.63) is 65.7 Å². The molecule has 1 atom stereocenters. The van der Waals surface area contributed by atoms with E-state index in [1.807, 2.05) is 30.3 Å². The van der Waals surface area contributed by atoms with E-state index in [0.717, 1.165) is 25.2 Å². The van der Waals surface area contributed by atoms with Gasteiger partial charge < -0.3 is 21.3 Å². The van der Waals surface area contributed by atoms with E-state index in [2.05, 4.69) is 29.4 Å². The molecule has 2 rings (SSSR count). The highest BCUT2D eigenvalue weighted by molar-refractivity contribution is 5.98. The molecular weight excluding hydrogens is 340 g/mol. The van der Waals surface area contributed by atoms with E-state index < -0.39 is 6.04 Å². The summed E-state index contributed by atoms with van der Waals surface area (Å²) in [6.07, 6.45) is 0. The molecule has 0 saturated heterocycles. The molecule has 0 aliphatic carbocycles. The van der Waals surface area contributed by atoms with Crippen molar-refractivity contribution in [2.45, 2.75) is 19.9 Å². The molecule has 6 nitrogen and oxygen atoms in total. The molecule has 0 aliphatic rings. The van der Waals surface area contributed by atoms with Crippen LogP contribution in [0.5, 0.6) is 0 Å². The standard InChI is InChI=1S/C21H28N4O2/c1-3-25(4-2)14-13-23-20(26)17-11-8-12-18(15-17)24-21(27)19(22)16-9-6-5-7-10-16/h5-12,15,19H,3-4,13-14,22H2,1-2H3,(H,23,26)(H,24,27). The van der Waals surface area contributed by atoms with E-state index in [1.165, 1.54) is 0 Å². The number of rotatable bonds is 9. The van der Waals surface area contributed by atoms with E-state index in [0.29, 0.717) is 17.8 Å². The molecule has 0 radical (unpaired) electrons. The van der Waals surface area contributed by atoms with Crippen molar-refractivity contribution in [1.29, 1.82) is 0 Å². The second-order valence-electron chi connectivity index (χ2n) is 6.24. The number of hydrogen-bond acceptors (Lipinski definition) is 4. The fraction of sp³-hybridized carbons (Fsp3) is 0.333. The Morgan fingerprint density at radius 3 is 2.41 bits per heavy atom. The van der Waals surface area contributed by atoms with Crippen LogP contribution in [-0.2, 0) is 4.79 Å². The molecule has 0 aliphatic heterocycles. The molecule has 2 aromatic carbocycles. The Labute approximate surface area is 160 Å². The van der Waals surface area contributed by atoms with E-state index in [1.54, 1.807) is 24.3 Å². The van der Waals surface area contributed by atoms with Gasteiger partial charge in [0, 0.05) is 24.3 Å². The first kappa shape index (κ1) is 20.6. The van der Waals surface area contributed by atoms with Gasteiger partial charge in [0.25, 0.3) is 5.91 Å². The van der Waals surface area contributed by atoms with Crippen molar-refractivity contribution in [2.75, 3.05) is 31.5 Å². The van der Waals surface area contributed by atoms with Gasteiger partial charge in [-0.05, 0) is 36.9 Å². The van der Waals surface area contributed by atoms with Gasteiger partial charge in [0.1, 0.15) is 6.04 Å². The van der Waals surface area contributed by atoms with Crippen LogP contribution in [0.2, 0.25) is 0 Å². The molecule has 0 bridgehead atoms. The lowest BCUT2D eigenvalue weighted by Crippen LogP contribution is -2.34. The van der Waals surface area contributed by atoms with E-state index in [4.69, 9.17) is 5.73 Å². The van der Waals surface area contributed by atoms with Crippen molar-refractivity contribution in [3.63, 3.8) is 0 Å². The van der Waals surface area contributed by atoms with E-state index in [-0.39, 0.29) is 11.8 Å². The van der Waals surface area contributed by atoms with Crippen LogP contribution in [0.4, 0.5) is 5.69 Å². The number of amides is 2. The van der Waals surface area contributed by atoms with Crippen molar-refractivity contribution in [2.24, 2.45) is 5.73 Å². The molecule has 0 saturated carbocycles. The Morgan fingerprint density at radius 2 is 1.74 bits per heavy atom. The van der Waals surface area contributed by atoms with Gasteiger partial charge in [0.2, 0.25) is 5.91 Å². The minimum Gasteiger partial charge on any atom is -0.351 e.